The van der Waals surface area contributed by atoms with E-state index in [1.807, 2.05) is 0 Å². The fraction of sp³-hybridized carbons (Fsp3) is 0. The molecule has 2 heterocycles. The lowest BCUT2D eigenvalue weighted by atomic mass is 10.1. The summed E-state index contributed by atoms with van der Waals surface area (Å²) in [5.41, 5.74) is 7.32. The monoisotopic (exact) mass is 508 g/mol. The first kappa shape index (κ1) is 21.6. The molecule has 0 amide bonds. The standard InChI is InChI=1S/C38H24N2/c1-3-15-27-25(11-1)13-9-21-33(27)39-35-19-7-5-17-29(35)31-24-38-32(23-37(31)39)30-18-6-8-20-36(30)40(38)34-22-10-14-26-12-2-4-16-28(26)34/h1-24H. The molecular weight excluding hydrogens is 484 g/mol. The second-order valence-corrected chi connectivity index (χ2v) is 10.6. The van der Waals surface area contributed by atoms with Crippen LogP contribution in [0.2, 0.25) is 0 Å². The first-order valence-corrected chi connectivity index (χ1v) is 13.8. The van der Waals surface area contributed by atoms with Gasteiger partial charge in [-0.05, 0) is 47.2 Å². The van der Waals surface area contributed by atoms with Gasteiger partial charge in [0.1, 0.15) is 0 Å². The Kier molecular flexibility index (Phi) is 4.36. The Labute approximate surface area is 230 Å². The van der Waals surface area contributed by atoms with Gasteiger partial charge in [-0.25, -0.2) is 0 Å². The van der Waals surface area contributed by atoms with E-state index in [2.05, 4.69) is 155 Å². The number of hydrogen-bond acceptors (Lipinski definition) is 0. The first-order valence-electron chi connectivity index (χ1n) is 13.8. The van der Waals surface area contributed by atoms with Gasteiger partial charge < -0.3 is 9.13 Å². The summed E-state index contributed by atoms with van der Waals surface area (Å²) < 4.78 is 4.91. The lowest BCUT2D eigenvalue weighted by Gasteiger charge is -2.12. The van der Waals surface area contributed by atoms with Gasteiger partial charge in [0.15, 0.2) is 0 Å². The van der Waals surface area contributed by atoms with Crippen LogP contribution >= 0.6 is 0 Å². The van der Waals surface area contributed by atoms with E-state index >= 15 is 0 Å². The topological polar surface area (TPSA) is 9.86 Å². The molecule has 0 aliphatic heterocycles. The zero-order valence-corrected chi connectivity index (χ0v) is 21.8. The molecule has 0 fully saturated rings. The third-order valence-electron chi connectivity index (χ3n) is 8.48. The van der Waals surface area contributed by atoms with E-state index in [0.717, 1.165) is 0 Å². The SMILES string of the molecule is c1ccc2c(-n3c4ccccc4c4cc5c(cc43)c3ccccc3n5-c3cccc4ccccc34)cccc2c1. The Morgan fingerprint density at radius 1 is 0.275 bits per heavy atom. The van der Waals surface area contributed by atoms with Crippen molar-refractivity contribution in [2.24, 2.45) is 0 Å². The molecule has 0 saturated heterocycles. The minimum atomic E-state index is 1.21. The first-order chi connectivity index (χ1) is 19.9. The maximum atomic E-state index is 2.45. The van der Waals surface area contributed by atoms with E-state index in [9.17, 15) is 0 Å². The third-order valence-corrected chi connectivity index (χ3v) is 8.48. The van der Waals surface area contributed by atoms with E-state index in [-0.39, 0.29) is 0 Å². The van der Waals surface area contributed by atoms with Crippen LogP contribution in [0.25, 0.3) is 76.5 Å². The lowest BCUT2D eigenvalue weighted by molar-refractivity contribution is 1.19. The van der Waals surface area contributed by atoms with Crippen molar-refractivity contribution in [2.75, 3.05) is 0 Å². The van der Waals surface area contributed by atoms with Crippen molar-refractivity contribution < 1.29 is 0 Å². The molecule has 0 atom stereocenters. The summed E-state index contributed by atoms with van der Waals surface area (Å²) in [5, 5.41) is 10.1. The van der Waals surface area contributed by atoms with Crippen LogP contribution in [0.15, 0.2) is 146 Å². The largest absolute Gasteiger partial charge is 0.309 e. The highest BCUT2D eigenvalue weighted by molar-refractivity contribution is 6.19. The minimum Gasteiger partial charge on any atom is -0.309 e. The number of fused-ring (bicyclic) bond motifs is 8. The Morgan fingerprint density at radius 2 is 0.650 bits per heavy atom. The predicted molar refractivity (Wildman–Crippen MR) is 170 cm³/mol. The maximum Gasteiger partial charge on any atom is 0.0549 e. The lowest BCUT2D eigenvalue weighted by Crippen LogP contribution is -1.96. The van der Waals surface area contributed by atoms with Crippen molar-refractivity contribution in [3.05, 3.63) is 146 Å². The molecule has 0 aliphatic rings. The highest BCUT2D eigenvalue weighted by Gasteiger charge is 2.19. The molecule has 186 valence electrons. The van der Waals surface area contributed by atoms with Crippen LogP contribution in [0, 0.1) is 0 Å². The van der Waals surface area contributed by atoms with Gasteiger partial charge in [-0.3, -0.25) is 0 Å². The Balaban J connectivity index is 1.48. The molecular formula is C38H24N2. The molecule has 0 unspecified atom stereocenters. The molecule has 0 aliphatic carbocycles. The van der Waals surface area contributed by atoms with Gasteiger partial charge in [0.2, 0.25) is 0 Å². The molecule has 0 bridgehead atoms. The molecule has 2 aromatic heterocycles. The Hall–Kier alpha value is -5.34. The fourth-order valence-corrected chi connectivity index (χ4v) is 6.76. The van der Waals surface area contributed by atoms with Gasteiger partial charge in [0.25, 0.3) is 0 Å². The molecule has 0 radical (unpaired) electrons. The van der Waals surface area contributed by atoms with Crippen molar-refractivity contribution in [1.29, 1.82) is 0 Å². The molecule has 9 aromatic rings. The van der Waals surface area contributed by atoms with Crippen molar-refractivity contribution in [3.63, 3.8) is 0 Å². The van der Waals surface area contributed by atoms with Gasteiger partial charge in [0.05, 0.1) is 33.4 Å². The molecule has 7 aromatic carbocycles. The Bertz CT molecular complexity index is 2250. The van der Waals surface area contributed by atoms with Crippen molar-refractivity contribution in [1.82, 2.24) is 9.13 Å². The summed E-state index contributed by atoms with van der Waals surface area (Å²) >= 11 is 0. The summed E-state index contributed by atoms with van der Waals surface area (Å²) in [7, 11) is 0. The highest BCUT2D eigenvalue weighted by atomic mass is 15.0. The number of aromatic nitrogens is 2. The van der Waals surface area contributed by atoms with Gasteiger partial charge >= 0.3 is 0 Å². The maximum absolute atomic E-state index is 2.45. The van der Waals surface area contributed by atoms with Crippen molar-refractivity contribution >= 4 is 65.2 Å². The van der Waals surface area contributed by atoms with Crippen LogP contribution < -0.4 is 0 Å². The van der Waals surface area contributed by atoms with E-state index in [0.29, 0.717) is 0 Å². The minimum absolute atomic E-state index is 1.21. The van der Waals surface area contributed by atoms with E-state index in [1.54, 1.807) is 0 Å². The van der Waals surface area contributed by atoms with Crippen LogP contribution in [0.3, 0.4) is 0 Å². The van der Waals surface area contributed by atoms with E-state index in [1.165, 1.54) is 76.5 Å². The van der Waals surface area contributed by atoms with Crippen molar-refractivity contribution in [3.8, 4) is 11.4 Å². The number of rotatable bonds is 2. The zero-order chi connectivity index (χ0) is 26.2. The second kappa shape index (κ2) is 8.08. The third kappa shape index (κ3) is 2.88. The molecule has 40 heavy (non-hydrogen) atoms. The molecule has 0 spiro atoms. The smallest absolute Gasteiger partial charge is 0.0549 e. The van der Waals surface area contributed by atoms with Crippen LogP contribution in [0.5, 0.6) is 0 Å². The predicted octanol–water partition coefficient (Wildman–Crippen LogP) is 10.2. The average Bonchev–Trinajstić information content (AvgIpc) is 3.51. The van der Waals surface area contributed by atoms with Crippen molar-refractivity contribution in [2.45, 2.75) is 0 Å². The van der Waals surface area contributed by atoms with Gasteiger partial charge in [-0.2, -0.15) is 0 Å². The number of hydrogen-bond donors (Lipinski definition) is 0. The number of para-hydroxylation sites is 2. The normalized spacial score (nSPS) is 12.0. The number of benzene rings is 7. The molecule has 2 nitrogen and oxygen atoms in total. The summed E-state index contributed by atoms with van der Waals surface area (Å²) in [6, 6.07) is 53.0. The number of nitrogens with zero attached hydrogens (tertiary/aromatic N) is 2. The molecule has 2 heteroatoms. The summed E-state index contributed by atoms with van der Waals surface area (Å²) in [6.07, 6.45) is 0. The molecule has 9 rings (SSSR count). The molecule has 0 N–H and O–H groups in total. The quantitative estimate of drug-likeness (QED) is 0.220. The summed E-state index contributed by atoms with van der Waals surface area (Å²) in [4.78, 5) is 0. The average molecular weight is 509 g/mol. The van der Waals surface area contributed by atoms with E-state index < -0.39 is 0 Å². The second-order valence-electron chi connectivity index (χ2n) is 10.6. The van der Waals surface area contributed by atoms with Gasteiger partial charge in [0, 0.05) is 32.3 Å². The van der Waals surface area contributed by atoms with Gasteiger partial charge in [-0.1, -0.05) is 109 Å². The van der Waals surface area contributed by atoms with Crippen LogP contribution in [-0.2, 0) is 0 Å². The van der Waals surface area contributed by atoms with Crippen LogP contribution in [0.1, 0.15) is 0 Å². The Morgan fingerprint density at radius 3 is 1.12 bits per heavy atom. The van der Waals surface area contributed by atoms with Crippen LogP contribution in [-0.4, -0.2) is 9.13 Å². The zero-order valence-electron chi connectivity index (χ0n) is 21.8. The summed E-state index contributed by atoms with van der Waals surface area (Å²) in [6.45, 7) is 0. The van der Waals surface area contributed by atoms with Gasteiger partial charge in [-0.15, -0.1) is 0 Å². The molecule has 0 saturated carbocycles. The fourth-order valence-electron chi connectivity index (χ4n) is 6.76. The van der Waals surface area contributed by atoms with E-state index in [4.69, 9.17) is 0 Å². The highest BCUT2D eigenvalue weighted by Crippen LogP contribution is 2.41. The summed E-state index contributed by atoms with van der Waals surface area (Å²) in [5.74, 6) is 0. The van der Waals surface area contributed by atoms with Crippen LogP contribution in [0.4, 0.5) is 0 Å².